The van der Waals surface area contributed by atoms with E-state index < -0.39 is 0 Å². The van der Waals surface area contributed by atoms with Crippen LogP contribution in [-0.2, 0) is 7.05 Å². The number of nitrogens with zero attached hydrogens (tertiary/aromatic N) is 5. The molecule has 110 valence electrons. The van der Waals surface area contributed by atoms with Crippen LogP contribution < -0.4 is 5.32 Å². The summed E-state index contributed by atoms with van der Waals surface area (Å²) in [5, 5.41) is 16.0. The van der Waals surface area contributed by atoms with E-state index in [0.29, 0.717) is 5.92 Å². The molecular weight excluding hydrogens is 340 g/mol. The third-order valence-corrected chi connectivity index (χ3v) is 4.42. The largest absolute Gasteiger partial charge is 0.304 e. The van der Waals surface area contributed by atoms with Crippen molar-refractivity contribution in [2.75, 3.05) is 6.54 Å². The fourth-order valence-corrected chi connectivity index (χ4v) is 3.50. The number of nitrogens with one attached hydrogen (secondary N) is 1. The van der Waals surface area contributed by atoms with Gasteiger partial charge in [0.05, 0.1) is 22.3 Å². The van der Waals surface area contributed by atoms with E-state index in [1.165, 1.54) is 11.5 Å². The molecule has 1 N–H and O–H groups in total. The second-order valence-corrected chi connectivity index (χ2v) is 6.49. The lowest BCUT2D eigenvalue weighted by Crippen LogP contribution is -2.26. The molecule has 2 heterocycles. The maximum atomic E-state index is 4.28. The molecule has 0 saturated carbocycles. The Balaban J connectivity index is 2.45. The highest BCUT2D eigenvalue weighted by atomic mass is 79.9. The standard InChI is InChI=1S/C12H19BrN6S/c1-5-6-14-9(10-12(13)16-17-19(10)4)11-8(7(2)3)15-18-20-11/h7,9,14H,5-6H2,1-4H3. The van der Waals surface area contributed by atoms with E-state index >= 15 is 0 Å². The number of aryl methyl sites for hydroxylation is 1. The van der Waals surface area contributed by atoms with Crippen molar-refractivity contribution < 1.29 is 0 Å². The number of rotatable bonds is 6. The lowest BCUT2D eigenvalue weighted by Gasteiger charge is -2.19. The topological polar surface area (TPSA) is 68.5 Å². The Morgan fingerprint density at radius 1 is 1.35 bits per heavy atom. The van der Waals surface area contributed by atoms with E-state index in [4.69, 9.17) is 0 Å². The fraction of sp³-hybridized carbons (Fsp3) is 0.667. The van der Waals surface area contributed by atoms with Crippen molar-refractivity contribution in [1.82, 2.24) is 29.9 Å². The smallest absolute Gasteiger partial charge is 0.153 e. The van der Waals surface area contributed by atoms with Crippen LogP contribution in [0.2, 0.25) is 0 Å². The first-order valence-electron chi connectivity index (χ1n) is 6.66. The van der Waals surface area contributed by atoms with Crippen LogP contribution in [0.25, 0.3) is 0 Å². The molecule has 8 heteroatoms. The molecule has 2 aromatic rings. The van der Waals surface area contributed by atoms with Gasteiger partial charge in [-0.1, -0.05) is 30.5 Å². The van der Waals surface area contributed by atoms with Crippen LogP contribution in [0.3, 0.4) is 0 Å². The van der Waals surface area contributed by atoms with Crippen LogP contribution in [0.4, 0.5) is 0 Å². The summed E-state index contributed by atoms with van der Waals surface area (Å²) in [5.74, 6) is 0.342. The van der Waals surface area contributed by atoms with Crippen molar-refractivity contribution in [3.05, 3.63) is 20.9 Å². The van der Waals surface area contributed by atoms with Gasteiger partial charge in [0.1, 0.15) is 0 Å². The molecule has 0 aliphatic heterocycles. The van der Waals surface area contributed by atoms with Crippen LogP contribution in [0.1, 0.15) is 55.4 Å². The maximum absolute atomic E-state index is 4.28. The normalized spacial score (nSPS) is 13.1. The van der Waals surface area contributed by atoms with E-state index in [1.807, 2.05) is 7.05 Å². The summed E-state index contributed by atoms with van der Waals surface area (Å²) in [6, 6.07) is 0.0155. The molecule has 20 heavy (non-hydrogen) atoms. The molecule has 0 aromatic carbocycles. The summed E-state index contributed by atoms with van der Waals surface area (Å²) in [6.07, 6.45) is 1.06. The minimum Gasteiger partial charge on any atom is -0.304 e. The predicted molar refractivity (Wildman–Crippen MR) is 82.8 cm³/mol. The highest BCUT2D eigenvalue weighted by Gasteiger charge is 2.27. The number of hydrogen-bond acceptors (Lipinski definition) is 6. The third-order valence-electron chi connectivity index (χ3n) is 3.05. The SMILES string of the molecule is CCCNC(c1snnc1C(C)C)c1c(Br)nnn1C. The number of aromatic nitrogens is 5. The molecule has 0 spiro atoms. The third kappa shape index (κ3) is 3.07. The molecule has 0 saturated heterocycles. The molecule has 1 atom stereocenters. The molecule has 2 aromatic heterocycles. The van der Waals surface area contributed by atoms with E-state index in [2.05, 4.69) is 61.9 Å². The molecular formula is C12H19BrN6S. The average Bonchev–Trinajstić information content (AvgIpc) is 3.00. The monoisotopic (exact) mass is 358 g/mol. The first kappa shape index (κ1) is 15.5. The lowest BCUT2D eigenvalue weighted by molar-refractivity contribution is 0.549. The van der Waals surface area contributed by atoms with Gasteiger partial charge in [-0.2, -0.15) is 0 Å². The van der Waals surface area contributed by atoms with Gasteiger partial charge in [-0.05, 0) is 46.3 Å². The number of hydrogen-bond donors (Lipinski definition) is 1. The Morgan fingerprint density at radius 2 is 2.10 bits per heavy atom. The summed E-state index contributed by atoms with van der Waals surface area (Å²) >= 11 is 4.92. The van der Waals surface area contributed by atoms with Crippen LogP contribution >= 0.6 is 27.5 Å². The summed E-state index contributed by atoms with van der Waals surface area (Å²) < 4.78 is 6.68. The average molecular weight is 359 g/mol. The molecule has 0 bridgehead atoms. The minimum atomic E-state index is 0.0155. The van der Waals surface area contributed by atoms with Gasteiger partial charge in [0, 0.05) is 7.05 Å². The first-order chi connectivity index (χ1) is 9.56. The van der Waals surface area contributed by atoms with Crippen LogP contribution in [-0.4, -0.2) is 31.1 Å². The van der Waals surface area contributed by atoms with Gasteiger partial charge in [-0.3, -0.25) is 0 Å². The van der Waals surface area contributed by atoms with E-state index in [-0.39, 0.29) is 6.04 Å². The Kier molecular flexibility index (Phi) is 5.22. The van der Waals surface area contributed by atoms with Gasteiger partial charge in [-0.15, -0.1) is 10.2 Å². The Labute approximate surface area is 131 Å². The zero-order valence-electron chi connectivity index (χ0n) is 12.1. The second-order valence-electron chi connectivity index (χ2n) is 4.95. The highest BCUT2D eigenvalue weighted by molar-refractivity contribution is 9.10. The summed E-state index contributed by atoms with van der Waals surface area (Å²) in [5.41, 5.74) is 2.04. The highest BCUT2D eigenvalue weighted by Crippen LogP contribution is 2.33. The first-order valence-corrected chi connectivity index (χ1v) is 8.23. The van der Waals surface area contributed by atoms with Crippen LogP contribution in [0.15, 0.2) is 4.60 Å². The van der Waals surface area contributed by atoms with Crippen molar-refractivity contribution in [3.8, 4) is 0 Å². The molecule has 0 aliphatic rings. The Bertz CT molecular complexity index is 545. The summed E-state index contributed by atoms with van der Waals surface area (Å²) in [4.78, 5) is 1.14. The van der Waals surface area contributed by atoms with Gasteiger partial charge in [-0.25, -0.2) is 4.68 Å². The van der Waals surface area contributed by atoms with Gasteiger partial charge < -0.3 is 5.32 Å². The van der Waals surface area contributed by atoms with Gasteiger partial charge in [0.15, 0.2) is 4.60 Å². The Hall–Kier alpha value is -0.860. The molecule has 0 radical (unpaired) electrons. The minimum absolute atomic E-state index is 0.0155. The zero-order valence-corrected chi connectivity index (χ0v) is 14.5. The molecule has 0 amide bonds. The molecule has 1 unspecified atom stereocenters. The molecule has 6 nitrogen and oxygen atoms in total. The predicted octanol–water partition coefficient (Wildman–Crippen LogP) is 2.64. The molecule has 2 rings (SSSR count). The van der Waals surface area contributed by atoms with E-state index in [9.17, 15) is 0 Å². The van der Waals surface area contributed by atoms with Crippen LogP contribution in [0, 0.1) is 0 Å². The zero-order chi connectivity index (χ0) is 14.7. The summed E-state index contributed by atoms with van der Waals surface area (Å²) in [6.45, 7) is 7.33. The van der Waals surface area contributed by atoms with Crippen molar-refractivity contribution in [2.24, 2.45) is 7.05 Å². The Morgan fingerprint density at radius 3 is 2.65 bits per heavy atom. The van der Waals surface area contributed by atoms with Gasteiger partial charge in [0.2, 0.25) is 0 Å². The van der Waals surface area contributed by atoms with Crippen LogP contribution in [0.5, 0.6) is 0 Å². The van der Waals surface area contributed by atoms with Crippen molar-refractivity contribution >= 4 is 27.5 Å². The van der Waals surface area contributed by atoms with Crippen molar-refractivity contribution in [1.29, 1.82) is 0 Å². The molecule has 0 aliphatic carbocycles. The van der Waals surface area contributed by atoms with E-state index in [1.54, 1.807) is 4.68 Å². The fourth-order valence-electron chi connectivity index (χ4n) is 2.05. The van der Waals surface area contributed by atoms with Gasteiger partial charge in [0.25, 0.3) is 0 Å². The van der Waals surface area contributed by atoms with Gasteiger partial charge >= 0.3 is 0 Å². The second kappa shape index (κ2) is 6.73. The molecule has 0 fully saturated rings. The lowest BCUT2D eigenvalue weighted by atomic mass is 10.0. The van der Waals surface area contributed by atoms with E-state index in [0.717, 1.165) is 33.8 Å². The number of halogens is 1. The van der Waals surface area contributed by atoms with Crippen molar-refractivity contribution in [2.45, 2.75) is 39.2 Å². The van der Waals surface area contributed by atoms with Crippen molar-refractivity contribution in [3.63, 3.8) is 0 Å². The summed E-state index contributed by atoms with van der Waals surface area (Å²) in [7, 11) is 1.90. The quantitative estimate of drug-likeness (QED) is 0.859. The maximum Gasteiger partial charge on any atom is 0.153 e.